The molecule has 0 aliphatic heterocycles. The number of benzene rings is 1. The molecule has 1 fully saturated rings. The highest BCUT2D eigenvalue weighted by atomic mass is 16.4. The number of carboxylic acids is 1. The Morgan fingerprint density at radius 2 is 1.68 bits per heavy atom. The average Bonchev–Trinajstić information content (AvgIpc) is 2.36. The molecule has 1 saturated carbocycles. The fraction of sp³-hybridized carbons (Fsp3) is 0.500. The molecule has 3 nitrogen and oxygen atoms in total. The van der Waals surface area contributed by atoms with Crippen LogP contribution < -0.4 is 0 Å². The average molecular weight is 258 g/mol. The van der Waals surface area contributed by atoms with Gasteiger partial charge in [0.05, 0.1) is 0 Å². The maximum Gasteiger partial charge on any atom is 0.317 e. The molecule has 0 heterocycles. The van der Waals surface area contributed by atoms with E-state index in [0.29, 0.717) is 18.4 Å². The number of ketones is 1. The first-order chi connectivity index (χ1) is 9.13. The molecule has 0 bridgehead atoms. The van der Waals surface area contributed by atoms with Gasteiger partial charge in [-0.2, -0.15) is 0 Å². The Balaban J connectivity index is 1.94. The van der Waals surface area contributed by atoms with Crippen molar-refractivity contribution in [3.63, 3.8) is 0 Å². The summed E-state index contributed by atoms with van der Waals surface area (Å²) < 4.78 is 0. The van der Waals surface area contributed by atoms with Gasteiger partial charge in [-0.25, -0.2) is 0 Å². The summed E-state index contributed by atoms with van der Waals surface area (Å²) in [4.78, 5) is 23.9. The first kappa shape index (κ1) is 12.4. The van der Waals surface area contributed by atoms with Crippen LogP contribution in [-0.4, -0.2) is 16.9 Å². The zero-order valence-corrected chi connectivity index (χ0v) is 10.9. The SMILES string of the molecule is O=C(O)C1(C(=O)c2ccc3c(c2)CCCC3)CCC1. The van der Waals surface area contributed by atoms with E-state index in [1.165, 1.54) is 17.5 Å². The third-order valence-electron chi connectivity index (χ3n) is 4.66. The number of rotatable bonds is 3. The van der Waals surface area contributed by atoms with E-state index in [2.05, 4.69) is 0 Å². The number of carbonyl (C=O) groups is 2. The van der Waals surface area contributed by atoms with Crippen molar-refractivity contribution in [2.75, 3.05) is 0 Å². The summed E-state index contributed by atoms with van der Waals surface area (Å²) in [6.45, 7) is 0. The van der Waals surface area contributed by atoms with Gasteiger partial charge in [0.2, 0.25) is 0 Å². The van der Waals surface area contributed by atoms with Crippen LogP contribution in [0.4, 0.5) is 0 Å². The maximum atomic E-state index is 12.5. The van der Waals surface area contributed by atoms with E-state index in [1.54, 1.807) is 0 Å². The summed E-state index contributed by atoms with van der Waals surface area (Å²) in [6.07, 6.45) is 6.26. The summed E-state index contributed by atoms with van der Waals surface area (Å²) in [5.74, 6) is -1.15. The first-order valence-corrected chi connectivity index (χ1v) is 7.03. The second kappa shape index (κ2) is 4.48. The van der Waals surface area contributed by atoms with Gasteiger partial charge < -0.3 is 5.11 Å². The van der Waals surface area contributed by atoms with Crippen molar-refractivity contribution in [1.29, 1.82) is 0 Å². The number of carboxylic acid groups (broad SMARTS) is 1. The summed E-state index contributed by atoms with van der Waals surface area (Å²) in [5.41, 5.74) is 2.00. The van der Waals surface area contributed by atoms with Crippen molar-refractivity contribution in [3.8, 4) is 0 Å². The van der Waals surface area contributed by atoms with Crippen molar-refractivity contribution in [1.82, 2.24) is 0 Å². The lowest BCUT2D eigenvalue weighted by atomic mass is 9.64. The Kier molecular flexibility index (Phi) is 2.92. The molecule has 1 aromatic carbocycles. The highest BCUT2D eigenvalue weighted by Gasteiger charge is 2.51. The van der Waals surface area contributed by atoms with Crippen molar-refractivity contribution in [2.45, 2.75) is 44.9 Å². The molecule has 100 valence electrons. The van der Waals surface area contributed by atoms with Gasteiger partial charge in [-0.3, -0.25) is 9.59 Å². The monoisotopic (exact) mass is 258 g/mol. The molecule has 3 rings (SSSR count). The van der Waals surface area contributed by atoms with E-state index in [1.807, 2.05) is 18.2 Å². The molecule has 2 aliphatic rings. The number of carbonyl (C=O) groups excluding carboxylic acids is 1. The van der Waals surface area contributed by atoms with Gasteiger partial charge >= 0.3 is 5.97 Å². The number of aryl methyl sites for hydroxylation is 2. The molecular weight excluding hydrogens is 240 g/mol. The van der Waals surface area contributed by atoms with Gasteiger partial charge in [-0.15, -0.1) is 0 Å². The molecule has 19 heavy (non-hydrogen) atoms. The van der Waals surface area contributed by atoms with Crippen LogP contribution in [0.15, 0.2) is 18.2 Å². The smallest absolute Gasteiger partial charge is 0.317 e. The molecule has 1 N–H and O–H groups in total. The zero-order valence-electron chi connectivity index (χ0n) is 10.9. The standard InChI is InChI=1S/C16H18O3/c17-14(16(15(18)19)8-3-9-16)13-7-6-11-4-1-2-5-12(11)10-13/h6-7,10H,1-5,8-9H2,(H,18,19). The van der Waals surface area contributed by atoms with Crippen molar-refractivity contribution in [2.24, 2.45) is 5.41 Å². The molecule has 3 heteroatoms. The Bertz CT molecular complexity index is 541. The first-order valence-electron chi connectivity index (χ1n) is 7.03. The van der Waals surface area contributed by atoms with Gasteiger partial charge in [0.25, 0.3) is 0 Å². The molecule has 0 atom stereocenters. The Morgan fingerprint density at radius 3 is 2.26 bits per heavy atom. The predicted molar refractivity (Wildman–Crippen MR) is 71.3 cm³/mol. The van der Waals surface area contributed by atoms with Crippen LogP contribution in [0.2, 0.25) is 0 Å². The number of fused-ring (bicyclic) bond motifs is 1. The Labute approximate surface area is 112 Å². The van der Waals surface area contributed by atoms with E-state index in [9.17, 15) is 14.7 Å². The van der Waals surface area contributed by atoms with Gasteiger partial charge in [0.15, 0.2) is 5.78 Å². The molecule has 0 aromatic heterocycles. The molecule has 0 saturated heterocycles. The summed E-state index contributed by atoms with van der Waals surface area (Å²) >= 11 is 0. The summed E-state index contributed by atoms with van der Waals surface area (Å²) in [7, 11) is 0. The minimum absolute atomic E-state index is 0.195. The number of hydrogen-bond acceptors (Lipinski definition) is 2. The molecule has 1 aromatic rings. The molecular formula is C16H18O3. The summed E-state index contributed by atoms with van der Waals surface area (Å²) in [6, 6.07) is 5.76. The largest absolute Gasteiger partial charge is 0.480 e. The highest BCUT2D eigenvalue weighted by molar-refractivity contribution is 6.12. The maximum absolute atomic E-state index is 12.5. The van der Waals surface area contributed by atoms with Crippen LogP contribution in [0.3, 0.4) is 0 Å². The second-order valence-electron chi connectivity index (χ2n) is 5.76. The van der Waals surface area contributed by atoms with Crippen LogP contribution in [0, 0.1) is 5.41 Å². The van der Waals surface area contributed by atoms with Gasteiger partial charge in [-0.05, 0) is 55.7 Å². The molecule has 0 unspecified atom stereocenters. The van der Waals surface area contributed by atoms with E-state index in [0.717, 1.165) is 25.7 Å². The number of Topliss-reactive ketones (excluding diaryl/α,β-unsaturated/α-hetero) is 1. The van der Waals surface area contributed by atoms with Crippen LogP contribution >= 0.6 is 0 Å². The fourth-order valence-electron chi connectivity index (χ4n) is 3.22. The zero-order chi connectivity index (χ0) is 13.5. The third kappa shape index (κ3) is 1.88. The van der Waals surface area contributed by atoms with E-state index in [4.69, 9.17) is 0 Å². The molecule has 2 aliphatic carbocycles. The normalized spacial score (nSPS) is 20.2. The fourth-order valence-corrected chi connectivity index (χ4v) is 3.22. The van der Waals surface area contributed by atoms with Gasteiger partial charge in [-0.1, -0.05) is 18.6 Å². The third-order valence-corrected chi connectivity index (χ3v) is 4.66. The minimum Gasteiger partial charge on any atom is -0.480 e. The van der Waals surface area contributed by atoms with Crippen LogP contribution in [0.1, 0.15) is 53.6 Å². The number of aliphatic carboxylic acids is 1. The quantitative estimate of drug-likeness (QED) is 0.669. The van der Waals surface area contributed by atoms with Crippen molar-refractivity contribution < 1.29 is 14.7 Å². The van der Waals surface area contributed by atoms with E-state index >= 15 is 0 Å². The molecule has 0 spiro atoms. The van der Waals surface area contributed by atoms with Gasteiger partial charge in [0, 0.05) is 5.56 Å². The molecule has 0 amide bonds. The topological polar surface area (TPSA) is 54.4 Å². The van der Waals surface area contributed by atoms with E-state index < -0.39 is 11.4 Å². The highest BCUT2D eigenvalue weighted by Crippen LogP contribution is 2.44. The van der Waals surface area contributed by atoms with Crippen LogP contribution in [0.25, 0.3) is 0 Å². The lowest BCUT2D eigenvalue weighted by Crippen LogP contribution is -2.45. The van der Waals surface area contributed by atoms with Crippen molar-refractivity contribution in [3.05, 3.63) is 34.9 Å². The lowest BCUT2D eigenvalue weighted by molar-refractivity contribution is -0.150. The molecule has 0 radical (unpaired) electrons. The predicted octanol–water partition coefficient (Wildman–Crippen LogP) is 3.00. The van der Waals surface area contributed by atoms with Gasteiger partial charge in [0.1, 0.15) is 5.41 Å². The Hall–Kier alpha value is -1.64. The Morgan fingerprint density at radius 1 is 1.00 bits per heavy atom. The number of hydrogen-bond donors (Lipinski definition) is 1. The van der Waals surface area contributed by atoms with Crippen LogP contribution in [0.5, 0.6) is 0 Å². The van der Waals surface area contributed by atoms with E-state index in [-0.39, 0.29) is 5.78 Å². The lowest BCUT2D eigenvalue weighted by Gasteiger charge is -2.36. The second-order valence-corrected chi connectivity index (χ2v) is 5.76. The van der Waals surface area contributed by atoms with Crippen LogP contribution in [-0.2, 0) is 17.6 Å². The summed E-state index contributed by atoms with van der Waals surface area (Å²) in [5, 5.41) is 9.33. The van der Waals surface area contributed by atoms with Crippen molar-refractivity contribution >= 4 is 11.8 Å². The minimum atomic E-state index is -1.14.